The van der Waals surface area contributed by atoms with E-state index >= 15 is 0 Å². The molecule has 7 rings (SSSR count). The van der Waals surface area contributed by atoms with Crippen molar-refractivity contribution in [3.8, 4) is 22.6 Å². The maximum Gasteiger partial charge on any atom is 0.268 e. The van der Waals surface area contributed by atoms with Crippen LogP contribution in [0.25, 0.3) is 44.5 Å². The zero-order valence-corrected chi connectivity index (χ0v) is 21.7. The van der Waals surface area contributed by atoms with Gasteiger partial charge in [0.25, 0.3) is 10.0 Å². The van der Waals surface area contributed by atoms with Crippen LogP contribution in [-0.4, -0.2) is 58.9 Å². The number of hydrogen-bond donors (Lipinski definition) is 1. The molecule has 0 spiro atoms. The first-order valence-corrected chi connectivity index (χ1v) is 14.1. The van der Waals surface area contributed by atoms with Crippen LogP contribution in [0.5, 0.6) is 0 Å². The molecule has 0 amide bonds. The Balaban J connectivity index is 1.57. The Bertz CT molecular complexity index is 1910. The molecule has 1 aliphatic heterocycles. The van der Waals surface area contributed by atoms with Gasteiger partial charge in [0, 0.05) is 41.8 Å². The van der Waals surface area contributed by atoms with E-state index in [4.69, 9.17) is 9.72 Å². The van der Waals surface area contributed by atoms with E-state index in [0.717, 1.165) is 27.8 Å². The summed E-state index contributed by atoms with van der Waals surface area (Å²) in [5.41, 5.74) is 3.96. The van der Waals surface area contributed by atoms with Crippen LogP contribution in [-0.2, 0) is 14.8 Å². The van der Waals surface area contributed by atoms with Crippen molar-refractivity contribution in [2.75, 3.05) is 31.2 Å². The second kappa shape index (κ2) is 9.33. The molecule has 1 saturated heterocycles. The van der Waals surface area contributed by atoms with Gasteiger partial charge in [-0.1, -0.05) is 36.4 Å². The van der Waals surface area contributed by atoms with Gasteiger partial charge in [-0.3, -0.25) is 10.1 Å². The first kappa shape index (κ1) is 23.6. The van der Waals surface area contributed by atoms with Crippen LogP contribution >= 0.6 is 0 Å². The number of anilines is 1. The maximum atomic E-state index is 14.2. The molecule has 4 aromatic heterocycles. The lowest BCUT2D eigenvalue weighted by molar-refractivity contribution is 0.122. The Morgan fingerprint density at radius 2 is 1.67 bits per heavy atom. The van der Waals surface area contributed by atoms with Crippen LogP contribution in [0.3, 0.4) is 0 Å². The first-order valence-electron chi connectivity index (χ1n) is 12.6. The van der Waals surface area contributed by atoms with E-state index in [0.29, 0.717) is 48.7 Å². The molecular formula is C29H24N6O3S. The van der Waals surface area contributed by atoms with E-state index in [-0.39, 0.29) is 4.90 Å². The van der Waals surface area contributed by atoms with Gasteiger partial charge in [0.1, 0.15) is 17.0 Å². The molecule has 1 aliphatic rings. The summed E-state index contributed by atoms with van der Waals surface area (Å²) >= 11 is 0. The highest BCUT2D eigenvalue weighted by molar-refractivity contribution is 7.90. The normalized spacial score (nSPS) is 14.3. The van der Waals surface area contributed by atoms with Crippen LogP contribution in [0.1, 0.15) is 0 Å². The molecule has 1 fully saturated rings. The minimum Gasteiger partial charge on any atom is -0.378 e. The van der Waals surface area contributed by atoms with Gasteiger partial charge in [-0.05, 0) is 42.5 Å². The largest absolute Gasteiger partial charge is 0.378 e. The van der Waals surface area contributed by atoms with Gasteiger partial charge in [0.15, 0.2) is 0 Å². The van der Waals surface area contributed by atoms with Crippen LogP contribution in [0.2, 0.25) is 0 Å². The molecule has 2 aromatic carbocycles. The molecule has 10 heteroatoms. The van der Waals surface area contributed by atoms with Gasteiger partial charge < -0.3 is 9.64 Å². The lowest BCUT2D eigenvalue weighted by atomic mass is 10.0. The van der Waals surface area contributed by atoms with E-state index < -0.39 is 10.0 Å². The highest BCUT2D eigenvalue weighted by atomic mass is 32.2. The number of morpholine rings is 1. The van der Waals surface area contributed by atoms with Crippen LogP contribution < -0.4 is 4.90 Å². The number of benzene rings is 2. The summed E-state index contributed by atoms with van der Waals surface area (Å²) in [6.07, 6.45) is 3.39. The van der Waals surface area contributed by atoms with Crippen molar-refractivity contribution < 1.29 is 13.2 Å². The number of fused-ring (bicyclic) bond motifs is 2. The molecule has 9 nitrogen and oxygen atoms in total. The smallest absolute Gasteiger partial charge is 0.268 e. The summed E-state index contributed by atoms with van der Waals surface area (Å²) < 4.78 is 35.4. The van der Waals surface area contributed by atoms with Gasteiger partial charge in [0.2, 0.25) is 0 Å². The maximum absolute atomic E-state index is 14.2. The zero-order valence-electron chi connectivity index (χ0n) is 20.9. The quantitative estimate of drug-likeness (QED) is 0.340. The average molecular weight is 537 g/mol. The lowest BCUT2D eigenvalue weighted by Gasteiger charge is -2.28. The van der Waals surface area contributed by atoms with E-state index in [1.807, 2.05) is 54.6 Å². The molecule has 0 aliphatic carbocycles. The number of rotatable bonds is 5. The SMILES string of the molecule is O=S(=O)(c1ccccc1)n1c(-c2cc(N3CCOCC3)nc3c(-c4ccn[nH]4)nccc23)cc2ccccc21. The molecule has 0 bridgehead atoms. The van der Waals surface area contributed by atoms with Crippen LogP contribution in [0.4, 0.5) is 5.82 Å². The van der Waals surface area contributed by atoms with Crippen LogP contribution in [0, 0.1) is 0 Å². The number of ether oxygens (including phenoxy) is 1. The standard InChI is InChI=1S/C29H24N6O3S/c36-39(37,21-7-2-1-3-8-21)35-25-9-5-4-6-20(25)18-26(35)23-19-27(34-14-16-38-17-15-34)32-28-22(23)10-12-30-29(28)24-11-13-31-33-24/h1-13,18-19H,14-17H2,(H,31,33). The van der Waals surface area contributed by atoms with Crippen molar-refractivity contribution in [2.45, 2.75) is 4.90 Å². The molecule has 5 heterocycles. The monoisotopic (exact) mass is 536 g/mol. The molecule has 194 valence electrons. The molecule has 0 unspecified atom stereocenters. The van der Waals surface area contributed by atoms with Gasteiger partial charge in [-0.25, -0.2) is 17.4 Å². The number of pyridine rings is 2. The second-order valence-electron chi connectivity index (χ2n) is 9.32. The van der Waals surface area contributed by atoms with Gasteiger partial charge >= 0.3 is 0 Å². The Kier molecular flexibility index (Phi) is 5.64. The number of aromatic amines is 1. The van der Waals surface area contributed by atoms with E-state index in [2.05, 4.69) is 20.1 Å². The van der Waals surface area contributed by atoms with Gasteiger partial charge in [-0.15, -0.1) is 0 Å². The Hall–Kier alpha value is -4.54. The summed E-state index contributed by atoms with van der Waals surface area (Å²) in [6, 6.07) is 23.7. The van der Waals surface area contributed by atoms with Crippen molar-refractivity contribution >= 4 is 37.6 Å². The molecule has 0 atom stereocenters. The minimum atomic E-state index is -3.93. The van der Waals surface area contributed by atoms with Gasteiger partial charge in [0.05, 0.1) is 35.0 Å². The third-order valence-electron chi connectivity index (χ3n) is 7.03. The number of hydrogen-bond acceptors (Lipinski definition) is 7. The number of H-pyrrole nitrogens is 1. The summed E-state index contributed by atoms with van der Waals surface area (Å²) in [5.74, 6) is 0.739. The molecule has 0 radical (unpaired) electrons. The third-order valence-corrected chi connectivity index (χ3v) is 8.77. The van der Waals surface area contributed by atoms with Crippen molar-refractivity contribution in [3.63, 3.8) is 0 Å². The molecule has 1 N–H and O–H groups in total. The highest BCUT2D eigenvalue weighted by Gasteiger charge is 2.26. The molecular weight excluding hydrogens is 512 g/mol. The predicted octanol–water partition coefficient (Wildman–Crippen LogP) is 4.72. The summed E-state index contributed by atoms with van der Waals surface area (Å²) in [4.78, 5) is 12.1. The Morgan fingerprint density at radius 1 is 0.872 bits per heavy atom. The third kappa shape index (κ3) is 3.96. The van der Waals surface area contributed by atoms with Gasteiger partial charge in [-0.2, -0.15) is 5.10 Å². The summed E-state index contributed by atoms with van der Waals surface area (Å²) in [7, 11) is -3.93. The topological polar surface area (TPSA) is 106 Å². The number of aromatic nitrogens is 5. The fourth-order valence-electron chi connectivity index (χ4n) is 5.16. The number of para-hydroxylation sites is 1. The first-order chi connectivity index (χ1) is 19.1. The highest BCUT2D eigenvalue weighted by Crippen LogP contribution is 2.39. The lowest BCUT2D eigenvalue weighted by Crippen LogP contribution is -2.36. The minimum absolute atomic E-state index is 0.221. The Labute approximate surface area is 224 Å². The zero-order chi connectivity index (χ0) is 26.4. The van der Waals surface area contributed by atoms with E-state index in [1.54, 1.807) is 36.7 Å². The fourth-order valence-corrected chi connectivity index (χ4v) is 6.71. The average Bonchev–Trinajstić information content (AvgIpc) is 3.66. The second-order valence-corrected chi connectivity index (χ2v) is 11.1. The number of nitrogens with one attached hydrogen (secondary N) is 1. The molecule has 39 heavy (non-hydrogen) atoms. The summed E-state index contributed by atoms with van der Waals surface area (Å²) in [5, 5.41) is 8.72. The molecule has 6 aromatic rings. The predicted molar refractivity (Wildman–Crippen MR) is 150 cm³/mol. The van der Waals surface area contributed by atoms with Crippen molar-refractivity contribution in [3.05, 3.63) is 91.3 Å². The Morgan fingerprint density at radius 3 is 2.46 bits per heavy atom. The fraction of sp³-hybridized carbons (Fsp3) is 0.138. The van der Waals surface area contributed by atoms with Crippen molar-refractivity contribution in [1.29, 1.82) is 0 Å². The number of nitrogens with zero attached hydrogens (tertiary/aromatic N) is 5. The van der Waals surface area contributed by atoms with Crippen LogP contribution in [0.15, 0.2) is 96.2 Å². The van der Waals surface area contributed by atoms with Crippen molar-refractivity contribution in [2.24, 2.45) is 0 Å². The van der Waals surface area contributed by atoms with E-state index in [9.17, 15) is 8.42 Å². The van der Waals surface area contributed by atoms with E-state index in [1.165, 1.54) is 3.97 Å². The van der Waals surface area contributed by atoms with Crippen molar-refractivity contribution in [1.82, 2.24) is 24.1 Å². The summed E-state index contributed by atoms with van der Waals surface area (Å²) in [6.45, 7) is 2.56. The molecule has 0 saturated carbocycles.